The van der Waals surface area contributed by atoms with Crippen molar-refractivity contribution < 1.29 is 9.59 Å². The number of hydrogen-bond donors (Lipinski definition) is 2. The van der Waals surface area contributed by atoms with E-state index in [4.69, 9.17) is 0 Å². The lowest BCUT2D eigenvalue weighted by Crippen LogP contribution is -2.31. The van der Waals surface area contributed by atoms with Crippen LogP contribution in [0.2, 0.25) is 0 Å². The zero-order valence-electron chi connectivity index (χ0n) is 9.64. The molecule has 2 aromatic rings. The van der Waals surface area contributed by atoms with E-state index in [0.717, 1.165) is 10.9 Å². The molecule has 90 valence electrons. The molecule has 0 aliphatic carbocycles. The van der Waals surface area contributed by atoms with Crippen LogP contribution in [0.1, 0.15) is 5.56 Å². The summed E-state index contributed by atoms with van der Waals surface area (Å²) < 4.78 is 0. The first-order valence-corrected chi connectivity index (χ1v) is 5.81. The van der Waals surface area contributed by atoms with Crippen LogP contribution in [0.15, 0.2) is 42.5 Å². The largest absolute Gasteiger partial charge is 0.326 e. The van der Waals surface area contributed by atoms with E-state index in [0.29, 0.717) is 6.42 Å². The number of benzene rings is 2. The highest BCUT2D eigenvalue weighted by Gasteiger charge is 2.29. The molecule has 1 atom stereocenters. The summed E-state index contributed by atoms with van der Waals surface area (Å²) in [4.78, 5) is 22.5. The molecule has 1 aliphatic rings. The Morgan fingerprint density at radius 2 is 1.78 bits per heavy atom. The first-order valence-electron chi connectivity index (χ1n) is 5.81. The normalized spacial score (nSPS) is 18.8. The lowest BCUT2D eigenvalue weighted by atomic mass is 10.0. The molecule has 0 radical (unpaired) electrons. The van der Waals surface area contributed by atoms with Gasteiger partial charge in [-0.2, -0.15) is 0 Å². The monoisotopic (exact) mass is 240 g/mol. The van der Waals surface area contributed by atoms with Gasteiger partial charge >= 0.3 is 6.03 Å². The highest BCUT2D eigenvalue weighted by molar-refractivity contribution is 6.04. The standard InChI is InChI=1S/C14H12N2O2/c17-13-12(15-14(18)16-13)8-9-5-6-10-3-1-2-4-11(10)7-9/h1-7,12H,8H2,(H2,15,16,17,18)/t12-/m1/s1. The number of hydrogen-bond acceptors (Lipinski definition) is 2. The molecule has 1 heterocycles. The molecule has 0 aromatic heterocycles. The Morgan fingerprint density at radius 1 is 1.00 bits per heavy atom. The van der Waals surface area contributed by atoms with Gasteiger partial charge in [0.15, 0.2) is 0 Å². The van der Waals surface area contributed by atoms with Crippen molar-refractivity contribution in [1.29, 1.82) is 0 Å². The number of rotatable bonds is 2. The van der Waals surface area contributed by atoms with Crippen LogP contribution in [-0.4, -0.2) is 18.0 Å². The maximum Gasteiger partial charge on any atom is 0.322 e. The third-order valence-electron chi connectivity index (χ3n) is 3.11. The third-order valence-corrected chi connectivity index (χ3v) is 3.11. The fourth-order valence-electron chi connectivity index (χ4n) is 2.20. The van der Waals surface area contributed by atoms with E-state index in [1.165, 1.54) is 5.39 Å². The van der Waals surface area contributed by atoms with Crippen molar-refractivity contribution in [3.63, 3.8) is 0 Å². The molecule has 3 rings (SSSR count). The predicted octanol–water partition coefficient (Wildman–Crippen LogP) is 1.59. The second kappa shape index (κ2) is 4.14. The summed E-state index contributed by atoms with van der Waals surface area (Å²) in [5.74, 6) is -0.256. The summed E-state index contributed by atoms with van der Waals surface area (Å²) in [6.45, 7) is 0. The molecule has 1 aliphatic heterocycles. The Balaban J connectivity index is 1.87. The van der Waals surface area contributed by atoms with Crippen molar-refractivity contribution in [2.45, 2.75) is 12.5 Å². The van der Waals surface area contributed by atoms with Gasteiger partial charge in [-0.1, -0.05) is 42.5 Å². The minimum Gasteiger partial charge on any atom is -0.326 e. The van der Waals surface area contributed by atoms with Crippen molar-refractivity contribution in [3.8, 4) is 0 Å². The summed E-state index contributed by atoms with van der Waals surface area (Å²) in [6.07, 6.45) is 0.516. The Bertz CT molecular complexity index is 636. The Kier molecular flexibility index (Phi) is 2.48. The topological polar surface area (TPSA) is 58.2 Å². The number of amides is 3. The molecule has 2 aromatic carbocycles. The Hall–Kier alpha value is -2.36. The zero-order chi connectivity index (χ0) is 12.5. The molecule has 0 spiro atoms. The van der Waals surface area contributed by atoms with Crippen molar-refractivity contribution in [1.82, 2.24) is 10.6 Å². The van der Waals surface area contributed by atoms with Gasteiger partial charge in [-0.3, -0.25) is 10.1 Å². The molecule has 3 amide bonds. The maximum atomic E-state index is 11.5. The molecule has 1 fully saturated rings. The number of urea groups is 1. The van der Waals surface area contributed by atoms with Crippen LogP contribution in [0.3, 0.4) is 0 Å². The van der Waals surface area contributed by atoms with E-state index in [2.05, 4.69) is 10.6 Å². The average molecular weight is 240 g/mol. The molecule has 0 bridgehead atoms. The van der Waals surface area contributed by atoms with Crippen molar-refractivity contribution in [3.05, 3.63) is 48.0 Å². The summed E-state index contributed by atoms with van der Waals surface area (Å²) in [7, 11) is 0. The fraction of sp³-hybridized carbons (Fsp3) is 0.143. The van der Waals surface area contributed by atoms with E-state index >= 15 is 0 Å². The number of fused-ring (bicyclic) bond motifs is 1. The van der Waals surface area contributed by atoms with E-state index < -0.39 is 12.1 Å². The molecule has 18 heavy (non-hydrogen) atoms. The summed E-state index contributed by atoms with van der Waals surface area (Å²) >= 11 is 0. The van der Waals surface area contributed by atoms with Crippen LogP contribution < -0.4 is 10.6 Å². The van der Waals surface area contributed by atoms with Gasteiger partial charge in [-0.25, -0.2) is 4.79 Å². The number of carbonyl (C=O) groups excluding carboxylic acids is 2. The summed E-state index contributed by atoms with van der Waals surface area (Å²) in [5, 5.41) is 7.14. The van der Waals surface area contributed by atoms with E-state index in [1.807, 2.05) is 42.5 Å². The highest BCUT2D eigenvalue weighted by atomic mass is 16.2. The van der Waals surface area contributed by atoms with Gasteiger partial charge in [0.2, 0.25) is 0 Å². The third kappa shape index (κ3) is 1.93. The minimum absolute atomic E-state index is 0.256. The van der Waals surface area contributed by atoms with Gasteiger partial charge in [0.05, 0.1) is 0 Å². The van der Waals surface area contributed by atoms with Crippen LogP contribution in [0.25, 0.3) is 10.8 Å². The van der Waals surface area contributed by atoms with Gasteiger partial charge in [0.25, 0.3) is 5.91 Å². The summed E-state index contributed by atoms with van der Waals surface area (Å²) in [5.41, 5.74) is 1.04. The lowest BCUT2D eigenvalue weighted by molar-refractivity contribution is -0.120. The second-order valence-corrected chi connectivity index (χ2v) is 4.40. The first-order chi connectivity index (χ1) is 8.72. The molecular formula is C14H12N2O2. The van der Waals surface area contributed by atoms with Gasteiger partial charge in [0, 0.05) is 6.42 Å². The highest BCUT2D eigenvalue weighted by Crippen LogP contribution is 2.17. The van der Waals surface area contributed by atoms with Crippen LogP contribution in [0, 0.1) is 0 Å². The van der Waals surface area contributed by atoms with Crippen molar-refractivity contribution in [2.24, 2.45) is 0 Å². The lowest BCUT2D eigenvalue weighted by Gasteiger charge is -2.08. The van der Waals surface area contributed by atoms with Crippen molar-refractivity contribution in [2.75, 3.05) is 0 Å². The number of nitrogens with one attached hydrogen (secondary N) is 2. The van der Waals surface area contributed by atoms with Gasteiger partial charge in [0.1, 0.15) is 6.04 Å². The fourth-order valence-corrected chi connectivity index (χ4v) is 2.20. The quantitative estimate of drug-likeness (QED) is 0.783. The van der Waals surface area contributed by atoms with E-state index in [-0.39, 0.29) is 5.91 Å². The maximum absolute atomic E-state index is 11.5. The van der Waals surface area contributed by atoms with Gasteiger partial charge in [-0.05, 0) is 16.3 Å². The predicted molar refractivity (Wildman–Crippen MR) is 68.1 cm³/mol. The number of imide groups is 1. The Labute approximate surface area is 104 Å². The molecule has 0 unspecified atom stereocenters. The molecule has 2 N–H and O–H groups in total. The number of carbonyl (C=O) groups is 2. The smallest absolute Gasteiger partial charge is 0.322 e. The average Bonchev–Trinajstić information content (AvgIpc) is 2.68. The summed E-state index contributed by atoms with van der Waals surface area (Å²) in [6, 6.07) is 13.2. The van der Waals surface area contributed by atoms with Crippen LogP contribution in [0.5, 0.6) is 0 Å². The van der Waals surface area contributed by atoms with Gasteiger partial charge in [-0.15, -0.1) is 0 Å². The molecule has 4 nitrogen and oxygen atoms in total. The zero-order valence-corrected chi connectivity index (χ0v) is 9.64. The molecule has 1 saturated heterocycles. The molecule has 4 heteroatoms. The van der Waals surface area contributed by atoms with Crippen LogP contribution in [0.4, 0.5) is 4.79 Å². The van der Waals surface area contributed by atoms with Crippen LogP contribution in [-0.2, 0) is 11.2 Å². The molecular weight excluding hydrogens is 228 g/mol. The molecule has 0 saturated carbocycles. The van der Waals surface area contributed by atoms with Gasteiger partial charge < -0.3 is 5.32 Å². The Morgan fingerprint density at radius 3 is 2.50 bits per heavy atom. The van der Waals surface area contributed by atoms with E-state index in [9.17, 15) is 9.59 Å². The SMILES string of the molecule is O=C1NC(=O)[C@@H](Cc2ccc3ccccc3c2)N1. The van der Waals surface area contributed by atoms with Crippen molar-refractivity contribution >= 4 is 22.7 Å². The second-order valence-electron chi connectivity index (χ2n) is 4.40. The first kappa shape index (κ1) is 10.8. The minimum atomic E-state index is -0.460. The van der Waals surface area contributed by atoms with Crippen LogP contribution >= 0.6 is 0 Å². The van der Waals surface area contributed by atoms with E-state index in [1.54, 1.807) is 0 Å².